The van der Waals surface area contributed by atoms with Gasteiger partial charge in [0, 0.05) is 32.3 Å². The lowest BCUT2D eigenvalue weighted by molar-refractivity contribution is -0.149. The Labute approximate surface area is 117 Å². The van der Waals surface area contributed by atoms with Crippen LogP contribution in [0.2, 0.25) is 0 Å². The highest BCUT2D eigenvalue weighted by Crippen LogP contribution is 2.29. The highest BCUT2D eigenvalue weighted by Gasteiger charge is 2.32. The van der Waals surface area contributed by atoms with E-state index in [0.29, 0.717) is 0 Å². The van der Waals surface area contributed by atoms with E-state index < -0.39 is 0 Å². The van der Waals surface area contributed by atoms with Crippen LogP contribution in [0.1, 0.15) is 39.5 Å². The van der Waals surface area contributed by atoms with Gasteiger partial charge in [0.25, 0.3) is 0 Å². The molecule has 1 heterocycles. The fraction of sp³-hybridized carbons (Fsp3) is 1.00. The zero-order valence-electron chi connectivity index (χ0n) is 12.6. The summed E-state index contributed by atoms with van der Waals surface area (Å²) in [5, 5.41) is 3.45. The van der Waals surface area contributed by atoms with Crippen LogP contribution in [0, 0.1) is 5.92 Å². The normalized spacial score (nSPS) is 21.5. The first-order valence-electron chi connectivity index (χ1n) is 8.01. The zero-order chi connectivity index (χ0) is 13.5. The summed E-state index contributed by atoms with van der Waals surface area (Å²) in [6.07, 6.45) is 5.30. The molecular weight excluding hydrogens is 240 g/mol. The van der Waals surface area contributed by atoms with Crippen LogP contribution >= 0.6 is 0 Å². The Morgan fingerprint density at radius 2 is 1.68 bits per heavy atom. The third-order valence-electron chi connectivity index (χ3n) is 4.10. The van der Waals surface area contributed by atoms with Crippen molar-refractivity contribution in [2.45, 2.75) is 51.9 Å². The molecule has 0 spiro atoms. The minimum absolute atomic E-state index is 0.0442. The van der Waals surface area contributed by atoms with E-state index >= 15 is 0 Å². The predicted molar refractivity (Wildman–Crippen MR) is 77.2 cm³/mol. The van der Waals surface area contributed by atoms with E-state index in [1.54, 1.807) is 0 Å². The molecule has 4 nitrogen and oxygen atoms in total. The maximum Gasteiger partial charge on any atom is 0.170 e. The van der Waals surface area contributed by atoms with Gasteiger partial charge >= 0.3 is 0 Å². The molecule has 0 atom stereocenters. The second-order valence-corrected chi connectivity index (χ2v) is 5.72. The number of piperidine rings is 1. The Bertz CT molecular complexity index is 234. The molecular formula is C15H30N2O2. The molecule has 2 rings (SSSR count). The summed E-state index contributed by atoms with van der Waals surface area (Å²) in [7, 11) is 0. The smallest absolute Gasteiger partial charge is 0.170 e. The Morgan fingerprint density at radius 3 is 2.21 bits per heavy atom. The molecule has 2 aliphatic rings. The van der Waals surface area contributed by atoms with E-state index in [1.165, 1.54) is 45.3 Å². The van der Waals surface area contributed by atoms with Crippen molar-refractivity contribution >= 4 is 0 Å². The van der Waals surface area contributed by atoms with E-state index in [2.05, 4.69) is 10.2 Å². The van der Waals surface area contributed by atoms with Gasteiger partial charge in [-0.1, -0.05) is 0 Å². The molecule has 0 aromatic carbocycles. The SMILES string of the molecule is CCOC(CN(CC1CCNCC1)C1CC1)OCC. The summed E-state index contributed by atoms with van der Waals surface area (Å²) in [6, 6.07) is 0.790. The number of hydrogen-bond acceptors (Lipinski definition) is 4. The lowest BCUT2D eigenvalue weighted by Gasteiger charge is -2.32. The van der Waals surface area contributed by atoms with Crippen molar-refractivity contribution < 1.29 is 9.47 Å². The molecule has 0 unspecified atom stereocenters. The molecule has 1 saturated heterocycles. The minimum Gasteiger partial charge on any atom is -0.352 e. The van der Waals surface area contributed by atoms with Crippen molar-refractivity contribution in [2.24, 2.45) is 5.92 Å². The number of ether oxygens (including phenoxy) is 2. The Balaban J connectivity index is 1.80. The van der Waals surface area contributed by atoms with Gasteiger partial charge in [-0.25, -0.2) is 0 Å². The molecule has 19 heavy (non-hydrogen) atoms. The lowest BCUT2D eigenvalue weighted by atomic mass is 9.97. The molecule has 0 aromatic rings. The van der Waals surface area contributed by atoms with Gasteiger partial charge in [-0.3, -0.25) is 4.90 Å². The number of rotatable bonds is 9. The number of nitrogens with one attached hydrogen (secondary N) is 1. The zero-order valence-corrected chi connectivity index (χ0v) is 12.6. The Kier molecular flexibility index (Phi) is 6.57. The quantitative estimate of drug-likeness (QED) is 0.648. The highest BCUT2D eigenvalue weighted by atomic mass is 16.7. The molecule has 0 aromatic heterocycles. The second-order valence-electron chi connectivity index (χ2n) is 5.72. The first-order valence-corrected chi connectivity index (χ1v) is 8.01. The first-order chi connectivity index (χ1) is 9.33. The molecule has 1 aliphatic carbocycles. The fourth-order valence-electron chi connectivity index (χ4n) is 2.93. The molecule has 4 heteroatoms. The molecule has 0 bridgehead atoms. The monoisotopic (exact) mass is 270 g/mol. The van der Waals surface area contributed by atoms with Crippen molar-refractivity contribution in [3.63, 3.8) is 0 Å². The van der Waals surface area contributed by atoms with Gasteiger partial charge in [-0.05, 0) is 58.5 Å². The number of hydrogen-bond donors (Lipinski definition) is 1. The van der Waals surface area contributed by atoms with Crippen LogP contribution in [0.3, 0.4) is 0 Å². The maximum atomic E-state index is 5.70. The van der Waals surface area contributed by atoms with Crippen LogP contribution in [0.25, 0.3) is 0 Å². The van der Waals surface area contributed by atoms with E-state index in [9.17, 15) is 0 Å². The van der Waals surface area contributed by atoms with Crippen molar-refractivity contribution in [1.82, 2.24) is 10.2 Å². The first kappa shape index (κ1) is 15.2. The Hall–Kier alpha value is -0.160. The van der Waals surface area contributed by atoms with Gasteiger partial charge in [0.2, 0.25) is 0 Å². The van der Waals surface area contributed by atoms with Crippen LogP contribution in [0.5, 0.6) is 0 Å². The van der Waals surface area contributed by atoms with Gasteiger partial charge < -0.3 is 14.8 Å². The summed E-state index contributed by atoms with van der Waals surface area (Å²) in [4.78, 5) is 2.62. The molecule has 1 aliphatic heterocycles. The van der Waals surface area contributed by atoms with Gasteiger partial charge in [-0.2, -0.15) is 0 Å². The Morgan fingerprint density at radius 1 is 1.05 bits per heavy atom. The standard InChI is InChI=1S/C15H30N2O2/c1-3-18-15(19-4-2)12-17(14-5-6-14)11-13-7-9-16-10-8-13/h13-16H,3-12H2,1-2H3. The van der Waals surface area contributed by atoms with Crippen LogP contribution in [-0.2, 0) is 9.47 Å². The van der Waals surface area contributed by atoms with Crippen LogP contribution in [0.4, 0.5) is 0 Å². The van der Waals surface area contributed by atoms with Gasteiger partial charge in [0.05, 0.1) is 0 Å². The average Bonchev–Trinajstić information content (AvgIpc) is 3.24. The maximum absolute atomic E-state index is 5.70. The van der Waals surface area contributed by atoms with Crippen LogP contribution < -0.4 is 5.32 Å². The van der Waals surface area contributed by atoms with Gasteiger partial charge in [0.1, 0.15) is 0 Å². The van der Waals surface area contributed by atoms with E-state index in [0.717, 1.165) is 31.7 Å². The van der Waals surface area contributed by atoms with E-state index in [1.807, 2.05) is 13.8 Å². The number of nitrogens with zero attached hydrogens (tertiary/aromatic N) is 1. The summed E-state index contributed by atoms with van der Waals surface area (Å²) in [6.45, 7) is 10.1. The summed E-state index contributed by atoms with van der Waals surface area (Å²) in [5.41, 5.74) is 0. The summed E-state index contributed by atoms with van der Waals surface area (Å²) >= 11 is 0. The topological polar surface area (TPSA) is 33.7 Å². The highest BCUT2D eigenvalue weighted by molar-refractivity contribution is 4.87. The largest absolute Gasteiger partial charge is 0.352 e. The molecule has 0 amide bonds. The van der Waals surface area contributed by atoms with Gasteiger partial charge in [-0.15, -0.1) is 0 Å². The predicted octanol–water partition coefficient (Wildman–Crippen LogP) is 1.85. The van der Waals surface area contributed by atoms with E-state index in [-0.39, 0.29) is 6.29 Å². The van der Waals surface area contributed by atoms with Crippen molar-refractivity contribution in [1.29, 1.82) is 0 Å². The van der Waals surface area contributed by atoms with Crippen molar-refractivity contribution in [3.05, 3.63) is 0 Å². The van der Waals surface area contributed by atoms with Crippen LogP contribution in [0.15, 0.2) is 0 Å². The van der Waals surface area contributed by atoms with Crippen molar-refractivity contribution in [3.8, 4) is 0 Å². The fourth-order valence-corrected chi connectivity index (χ4v) is 2.93. The molecule has 2 fully saturated rings. The molecule has 0 radical (unpaired) electrons. The third-order valence-corrected chi connectivity index (χ3v) is 4.10. The second kappa shape index (κ2) is 8.20. The van der Waals surface area contributed by atoms with Gasteiger partial charge in [0.15, 0.2) is 6.29 Å². The lowest BCUT2D eigenvalue weighted by Crippen LogP contribution is -2.42. The summed E-state index contributed by atoms with van der Waals surface area (Å²) in [5.74, 6) is 0.853. The molecule has 1 N–H and O–H groups in total. The minimum atomic E-state index is -0.0442. The average molecular weight is 270 g/mol. The van der Waals surface area contributed by atoms with Crippen molar-refractivity contribution in [2.75, 3.05) is 39.4 Å². The molecule has 1 saturated carbocycles. The third kappa shape index (κ3) is 5.38. The van der Waals surface area contributed by atoms with Crippen LogP contribution in [-0.4, -0.2) is 56.6 Å². The molecule has 112 valence electrons. The summed E-state index contributed by atoms with van der Waals surface area (Å²) < 4.78 is 11.4. The van der Waals surface area contributed by atoms with E-state index in [4.69, 9.17) is 9.47 Å².